The second-order valence-electron chi connectivity index (χ2n) is 4.97. The highest BCUT2D eigenvalue weighted by Crippen LogP contribution is 2.19. The Morgan fingerprint density at radius 3 is 2.59 bits per heavy atom. The minimum absolute atomic E-state index is 0.0349. The molecule has 5 heteroatoms. The van der Waals surface area contributed by atoms with Gasteiger partial charge in [-0.25, -0.2) is 9.18 Å². The zero-order valence-electron chi connectivity index (χ0n) is 12.4. The van der Waals surface area contributed by atoms with Gasteiger partial charge in [-0.1, -0.05) is 48.9 Å². The first kappa shape index (κ1) is 16.3. The number of halogens is 2. The Hall–Kier alpha value is -2.07. The van der Waals surface area contributed by atoms with Crippen LogP contribution in [0.4, 0.5) is 14.9 Å². The number of carbonyl (C=O) groups is 1. The Morgan fingerprint density at radius 1 is 1.23 bits per heavy atom. The van der Waals surface area contributed by atoms with E-state index in [4.69, 9.17) is 11.6 Å². The van der Waals surface area contributed by atoms with E-state index in [1.165, 1.54) is 12.1 Å². The quantitative estimate of drug-likeness (QED) is 0.833. The van der Waals surface area contributed by atoms with Crippen molar-refractivity contribution < 1.29 is 9.18 Å². The van der Waals surface area contributed by atoms with Crippen molar-refractivity contribution in [1.29, 1.82) is 0 Å². The summed E-state index contributed by atoms with van der Waals surface area (Å²) in [6.45, 7) is 3.14. The number of anilines is 1. The topological polar surface area (TPSA) is 32.3 Å². The molecular weight excluding hydrogens is 303 g/mol. The van der Waals surface area contributed by atoms with Gasteiger partial charge >= 0.3 is 6.03 Å². The van der Waals surface area contributed by atoms with Crippen LogP contribution in [0.25, 0.3) is 0 Å². The van der Waals surface area contributed by atoms with Crippen molar-refractivity contribution in [1.82, 2.24) is 4.90 Å². The molecule has 0 unspecified atom stereocenters. The maximum atomic E-state index is 13.4. The number of rotatable bonds is 5. The normalized spacial score (nSPS) is 10.3. The van der Waals surface area contributed by atoms with E-state index in [0.29, 0.717) is 18.8 Å². The Labute approximate surface area is 134 Å². The fourth-order valence-electron chi connectivity index (χ4n) is 2.10. The van der Waals surface area contributed by atoms with E-state index in [2.05, 4.69) is 5.32 Å². The van der Waals surface area contributed by atoms with Gasteiger partial charge in [0, 0.05) is 18.8 Å². The van der Waals surface area contributed by atoms with Crippen LogP contribution < -0.4 is 5.32 Å². The lowest BCUT2D eigenvalue weighted by Gasteiger charge is -2.22. The van der Waals surface area contributed by atoms with E-state index < -0.39 is 5.82 Å². The van der Waals surface area contributed by atoms with Gasteiger partial charge in [-0.3, -0.25) is 0 Å². The van der Waals surface area contributed by atoms with Crippen molar-refractivity contribution in [2.24, 2.45) is 0 Å². The van der Waals surface area contributed by atoms with Crippen molar-refractivity contribution in [2.75, 3.05) is 11.9 Å². The first-order chi connectivity index (χ1) is 10.6. The summed E-state index contributed by atoms with van der Waals surface area (Å²) < 4.78 is 13.4. The molecule has 22 heavy (non-hydrogen) atoms. The van der Waals surface area contributed by atoms with Gasteiger partial charge in [-0.05, 0) is 30.2 Å². The molecule has 0 aromatic heterocycles. The summed E-state index contributed by atoms with van der Waals surface area (Å²) in [4.78, 5) is 14.1. The standard InChI is InChI=1S/C17H18ClFN2O/c1-2-10-21(12-13-6-4-3-5-7-13)17(22)20-14-8-9-15(18)16(19)11-14/h3-9,11H,2,10,12H2,1H3,(H,20,22). The van der Waals surface area contributed by atoms with Gasteiger partial charge < -0.3 is 10.2 Å². The molecule has 0 aliphatic rings. The lowest BCUT2D eigenvalue weighted by Crippen LogP contribution is -2.35. The van der Waals surface area contributed by atoms with Gasteiger partial charge in [0.15, 0.2) is 0 Å². The number of hydrogen-bond donors (Lipinski definition) is 1. The number of urea groups is 1. The van der Waals surface area contributed by atoms with Gasteiger partial charge in [0.2, 0.25) is 0 Å². The average molecular weight is 321 g/mol. The molecule has 0 saturated heterocycles. The largest absolute Gasteiger partial charge is 0.322 e. The van der Waals surface area contributed by atoms with Crippen LogP contribution in [0, 0.1) is 5.82 Å². The average Bonchev–Trinajstić information content (AvgIpc) is 2.51. The van der Waals surface area contributed by atoms with Crippen LogP contribution in [0.15, 0.2) is 48.5 Å². The maximum Gasteiger partial charge on any atom is 0.322 e. The number of benzene rings is 2. The molecule has 0 aliphatic heterocycles. The lowest BCUT2D eigenvalue weighted by atomic mass is 10.2. The van der Waals surface area contributed by atoms with Crippen molar-refractivity contribution in [2.45, 2.75) is 19.9 Å². The zero-order chi connectivity index (χ0) is 15.9. The van der Waals surface area contributed by atoms with Crippen molar-refractivity contribution in [3.8, 4) is 0 Å². The zero-order valence-corrected chi connectivity index (χ0v) is 13.1. The Bertz CT molecular complexity index is 634. The van der Waals surface area contributed by atoms with E-state index in [-0.39, 0.29) is 11.1 Å². The summed E-state index contributed by atoms with van der Waals surface area (Å²) in [5, 5.41) is 2.74. The first-order valence-corrected chi connectivity index (χ1v) is 7.53. The van der Waals surface area contributed by atoms with E-state index in [1.807, 2.05) is 37.3 Å². The molecule has 0 atom stereocenters. The van der Waals surface area contributed by atoms with Crippen LogP contribution in [0.2, 0.25) is 5.02 Å². The van der Waals surface area contributed by atoms with Gasteiger partial charge in [-0.15, -0.1) is 0 Å². The number of carbonyl (C=O) groups excluding carboxylic acids is 1. The smallest absolute Gasteiger partial charge is 0.320 e. The van der Waals surface area contributed by atoms with E-state index in [1.54, 1.807) is 11.0 Å². The highest BCUT2D eigenvalue weighted by atomic mass is 35.5. The molecule has 0 fully saturated rings. The second kappa shape index (κ2) is 7.80. The molecule has 2 rings (SSSR count). The summed E-state index contributed by atoms with van der Waals surface area (Å²) in [5.41, 5.74) is 1.44. The second-order valence-corrected chi connectivity index (χ2v) is 5.37. The molecule has 0 spiro atoms. The minimum atomic E-state index is -0.551. The van der Waals surface area contributed by atoms with Crippen molar-refractivity contribution in [3.05, 3.63) is 64.9 Å². The highest BCUT2D eigenvalue weighted by molar-refractivity contribution is 6.30. The fourth-order valence-corrected chi connectivity index (χ4v) is 2.22. The van der Waals surface area contributed by atoms with Crippen LogP contribution in [0.5, 0.6) is 0 Å². The number of hydrogen-bond acceptors (Lipinski definition) is 1. The minimum Gasteiger partial charge on any atom is -0.320 e. The maximum absolute atomic E-state index is 13.4. The van der Waals surface area contributed by atoms with Gasteiger partial charge in [0.25, 0.3) is 0 Å². The Kier molecular flexibility index (Phi) is 5.78. The number of amides is 2. The highest BCUT2D eigenvalue weighted by Gasteiger charge is 2.14. The molecule has 2 aromatic rings. The predicted octanol–water partition coefficient (Wildman–Crippen LogP) is 4.92. The molecule has 2 aromatic carbocycles. The lowest BCUT2D eigenvalue weighted by molar-refractivity contribution is 0.209. The van der Waals surface area contributed by atoms with Gasteiger partial charge in [0.1, 0.15) is 5.82 Å². The van der Waals surface area contributed by atoms with Gasteiger partial charge in [0.05, 0.1) is 5.02 Å². The van der Waals surface area contributed by atoms with E-state index in [0.717, 1.165) is 12.0 Å². The number of nitrogens with one attached hydrogen (secondary N) is 1. The summed E-state index contributed by atoms with van der Waals surface area (Å²) in [6.07, 6.45) is 0.842. The third kappa shape index (κ3) is 4.46. The van der Waals surface area contributed by atoms with Crippen LogP contribution in [-0.2, 0) is 6.54 Å². The molecule has 0 radical (unpaired) electrons. The third-order valence-electron chi connectivity index (χ3n) is 3.17. The van der Waals surface area contributed by atoms with Crippen LogP contribution in [-0.4, -0.2) is 17.5 Å². The molecule has 1 N–H and O–H groups in total. The van der Waals surface area contributed by atoms with E-state index >= 15 is 0 Å². The number of nitrogens with zero attached hydrogens (tertiary/aromatic N) is 1. The first-order valence-electron chi connectivity index (χ1n) is 7.15. The molecule has 0 aliphatic carbocycles. The summed E-state index contributed by atoms with van der Waals surface area (Å²) >= 11 is 5.64. The Balaban J connectivity index is 2.07. The van der Waals surface area contributed by atoms with Crippen LogP contribution in [0.3, 0.4) is 0 Å². The third-order valence-corrected chi connectivity index (χ3v) is 3.47. The Morgan fingerprint density at radius 2 is 1.95 bits per heavy atom. The van der Waals surface area contributed by atoms with E-state index in [9.17, 15) is 9.18 Å². The molecule has 0 bridgehead atoms. The molecular formula is C17H18ClFN2O. The van der Waals surface area contributed by atoms with Gasteiger partial charge in [-0.2, -0.15) is 0 Å². The molecule has 0 saturated carbocycles. The summed E-state index contributed by atoms with van der Waals surface area (Å²) in [5.74, 6) is -0.551. The summed E-state index contributed by atoms with van der Waals surface area (Å²) in [7, 11) is 0. The monoisotopic (exact) mass is 320 g/mol. The fraction of sp³-hybridized carbons (Fsp3) is 0.235. The molecule has 3 nitrogen and oxygen atoms in total. The van der Waals surface area contributed by atoms with Crippen LogP contribution >= 0.6 is 11.6 Å². The molecule has 2 amide bonds. The molecule has 0 heterocycles. The summed E-state index contributed by atoms with van der Waals surface area (Å²) in [6, 6.07) is 13.7. The predicted molar refractivity (Wildman–Crippen MR) is 87.6 cm³/mol. The van der Waals surface area contributed by atoms with Crippen molar-refractivity contribution in [3.63, 3.8) is 0 Å². The molecule has 116 valence electrons. The SMILES string of the molecule is CCCN(Cc1ccccc1)C(=O)Nc1ccc(Cl)c(F)c1. The van der Waals surface area contributed by atoms with Crippen LogP contribution in [0.1, 0.15) is 18.9 Å². The van der Waals surface area contributed by atoms with Crippen molar-refractivity contribution >= 4 is 23.3 Å².